The van der Waals surface area contributed by atoms with Gasteiger partial charge in [-0.05, 0) is 25.7 Å². The number of anilines is 1. The maximum Gasteiger partial charge on any atom is 0.278 e. The first-order valence-electron chi connectivity index (χ1n) is 6.26. The summed E-state index contributed by atoms with van der Waals surface area (Å²) in [6.07, 6.45) is 3.87. The van der Waals surface area contributed by atoms with Crippen LogP contribution in [0.15, 0.2) is 0 Å². The molecule has 0 bridgehead atoms. The highest BCUT2D eigenvalue weighted by atomic mass is 16.2. The van der Waals surface area contributed by atoms with Gasteiger partial charge in [0.1, 0.15) is 0 Å². The van der Waals surface area contributed by atoms with Crippen LogP contribution in [0, 0.1) is 5.92 Å². The normalized spacial score (nSPS) is 19.0. The Morgan fingerprint density at radius 3 is 2.61 bits per heavy atom. The number of carbonyl (C=O) groups is 2. The van der Waals surface area contributed by atoms with Crippen molar-refractivity contribution in [1.82, 2.24) is 20.3 Å². The van der Waals surface area contributed by atoms with Gasteiger partial charge in [0.25, 0.3) is 5.91 Å². The minimum absolute atomic E-state index is 0.0700. The van der Waals surface area contributed by atoms with E-state index in [-0.39, 0.29) is 29.2 Å². The molecule has 2 fully saturated rings. The van der Waals surface area contributed by atoms with Gasteiger partial charge in [0.05, 0.1) is 0 Å². The summed E-state index contributed by atoms with van der Waals surface area (Å²) in [4.78, 5) is 25.5. The monoisotopic (exact) mass is 249 g/mol. The molecular weight excluding hydrogens is 234 g/mol. The fraction of sp³-hybridized carbons (Fsp3) is 0.636. The van der Waals surface area contributed by atoms with Gasteiger partial charge >= 0.3 is 0 Å². The zero-order valence-corrected chi connectivity index (χ0v) is 9.98. The van der Waals surface area contributed by atoms with Gasteiger partial charge in [-0.1, -0.05) is 0 Å². The van der Waals surface area contributed by atoms with E-state index in [1.54, 1.807) is 4.90 Å². The van der Waals surface area contributed by atoms with E-state index in [4.69, 9.17) is 0 Å². The average Bonchev–Trinajstić information content (AvgIpc) is 2.90. The molecule has 2 heterocycles. The summed E-state index contributed by atoms with van der Waals surface area (Å²) in [6.45, 7) is 1.50. The maximum absolute atomic E-state index is 12.1. The molecule has 1 saturated heterocycles. The summed E-state index contributed by atoms with van der Waals surface area (Å²) in [5.41, 5.74) is 0.214. The van der Waals surface area contributed by atoms with Crippen LogP contribution >= 0.6 is 0 Å². The molecule has 1 aliphatic carbocycles. The zero-order valence-electron chi connectivity index (χ0n) is 9.98. The van der Waals surface area contributed by atoms with Crippen molar-refractivity contribution >= 4 is 17.6 Å². The Morgan fingerprint density at radius 2 is 1.94 bits per heavy atom. The molecule has 0 aromatic carbocycles. The van der Waals surface area contributed by atoms with Crippen molar-refractivity contribution in [3.8, 4) is 0 Å². The molecule has 96 valence electrons. The summed E-state index contributed by atoms with van der Waals surface area (Å²) in [5.74, 6) is 0.104. The molecule has 1 aromatic rings. The van der Waals surface area contributed by atoms with Gasteiger partial charge in [-0.15, -0.1) is 10.2 Å². The lowest BCUT2D eigenvalue weighted by Gasteiger charge is -2.13. The summed E-state index contributed by atoms with van der Waals surface area (Å²) >= 11 is 0. The summed E-state index contributed by atoms with van der Waals surface area (Å²) in [6, 6.07) is 0. The molecule has 0 spiro atoms. The number of rotatable bonds is 3. The molecule has 0 radical (unpaired) electrons. The molecule has 1 aromatic heterocycles. The van der Waals surface area contributed by atoms with E-state index in [1.165, 1.54) is 0 Å². The van der Waals surface area contributed by atoms with Gasteiger partial charge in [-0.2, -0.15) is 5.21 Å². The summed E-state index contributed by atoms with van der Waals surface area (Å²) in [7, 11) is 0. The number of amides is 2. The number of carbonyl (C=O) groups excluding carboxylic acids is 2. The van der Waals surface area contributed by atoms with Gasteiger partial charge in [0.2, 0.25) is 5.91 Å². The highest BCUT2D eigenvalue weighted by Gasteiger charge is 2.32. The van der Waals surface area contributed by atoms with E-state index >= 15 is 0 Å². The third-order valence-electron chi connectivity index (χ3n) is 3.33. The number of hydrogen-bond donors (Lipinski definition) is 2. The summed E-state index contributed by atoms with van der Waals surface area (Å²) < 4.78 is 0. The SMILES string of the molecule is O=C(Nc1n[nH]nc1C(=O)N1CCCC1)C1CC1. The number of likely N-dealkylation sites (tertiary alicyclic amines) is 1. The van der Waals surface area contributed by atoms with Crippen molar-refractivity contribution < 1.29 is 9.59 Å². The van der Waals surface area contributed by atoms with E-state index in [9.17, 15) is 9.59 Å². The maximum atomic E-state index is 12.1. The second-order valence-corrected chi connectivity index (χ2v) is 4.78. The highest BCUT2D eigenvalue weighted by Crippen LogP contribution is 2.30. The highest BCUT2D eigenvalue weighted by molar-refractivity contribution is 6.02. The van der Waals surface area contributed by atoms with Crippen molar-refractivity contribution in [2.75, 3.05) is 18.4 Å². The number of aromatic amines is 1. The van der Waals surface area contributed by atoms with E-state index in [0.29, 0.717) is 0 Å². The Bertz CT molecular complexity index is 474. The lowest BCUT2D eigenvalue weighted by Crippen LogP contribution is -2.29. The first kappa shape index (κ1) is 11.2. The molecule has 3 rings (SSSR count). The molecule has 2 amide bonds. The molecule has 2 aliphatic rings. The lowest BCUT2D eigenvalue weighted by molar-refractivity contribution is -0.117. The van der Waals surface area contributed by atoms with Crippen LogP contribution in [0.25, 0.3) is 0 Å². The second-order valence-electron chi connectivity index (χ2n) is 4.78. The minimum Gasteiger partial charge on any atom is -0.337 e. The molecule has 2 N–H and O–H groups in total. The Hall–Kier alpha value is -1.92. The van der Waals surface area contributed by atoms with Gasteiger partial charge < -0.3 is 10.2 Å². The largest absolute Gasteiger partial charge is 0.337 e. The fourth-order valence-corrected chi connectivity index (χ4v) is 2.10. The van der Waals surface area contributed by atoms with Gasteiger partial charge in [0, 0.05) is 19.0 Å². The molecule has 1 aliphatic heterocycles. The van der Waals surface area contributed by atoms with Crippen LogP contribution in [0.1, 0.15) is 36.2 Å². The number of aromatic nitrogens is 3. The first-order valence-corrected chi connectivity index (χ1v) is 6.26. The molecular formula is C11H15N5O2. The second kappa shape index (κ2) is 4.40. The van der Waals surface area contributed by atoms with Crippen LogP contribution in [0.5, 0.6) is 0 Å². The van der Waals surface area contributed by atoms with Crippen molar-refractivity contribution in [2.45, 2.75) is 25.7 Å². The van der Waals surface area contributed by atoms with Crippen LogP contribution in [-0.2, 0) is 4.79 Å². The molecule has 0 unspecified atom stereocenters. The molecule has 7 nitrogen and oxygen atoms in total. The number of nitrogens with one attached hydrogen (secondary N) is 2. The van der Waals surface area contributed by atoms with Crippen LogP contribution < -0.4 is 5.32 Å². The predicted molar refractivity (Wildman–Crippen MR) is 62.9 cm³/mol. The quantitative estimate of drug-likeness (QED) is 0.810. The smallest absolute Gasteiger partial charge is 0.278 e. The molecule has 18 heavy (non-hydrogen) atoms. The minimum atomic E-state index is -0.160. The third kappa shape index (κ3) is 2.07. The Balaban J connectivity index is 1.73. The van der Waals surface area contributed by atoms with E-state index in [0.717, 1.165) is 38.8 Å². The van der Waals surface area contributed by atoms with E-state index in [2.05, 4.69) is 20.7 Å². The molecule has 0 atom stereocenters. The lowest BCUT2D eigenvalue weighted by atomic mass is 10.3. The van der Waals surface area contributed by atoms with Crippen LogP contribution in [-0.4, -0.2) is 45.2 Å². The average molecular weight is 249 g/mol. The van der Waals surface area contributed by atoms with Gasteiger partial charge in [-0.3, -0.25) is 9.59 Å². The van der Waals surface area contributed by atoms with Crippen LogP contribution in [0.4, 0.5) is 5.82 Å². The Labute approximate surface area is 104 Å². The van der Waals surface area contributed by atoms with E-state index in [1.807, 2.05) is 0 Å². The first-order chi connectivity index (χ1) is 8.75. The number of nitrogens with zero attached hydrogens (tertiary/aromatic N) is 3. The van der Waals surface area contributed by atoms with Gasteiger partial charge in [0.15, 0.2) is 11.5 Å². The van der Waals surface area contributed by atoms with Crippen LogP contribution in [0.2, 0.25) is 0 Å². The van der Waals surface area contributed by atoms with E-state index < -0.39 is 0 Å². The van der Waals surface area contributed by atoms with Crippen molar-refractivity contribution in [3.05, 3.63) is 5.69 Å². The fourth-order valence-electron chi connectivity index (χ4n) is 2.10. The Morgan fingerprint density at radius 1 is 1.22 bits per heavy atom. The standard InChI is InChI=1S/C11H15N5O2/c17-10(7-3-4-7)12-9-8(13-15-14-9)11(18)16-5-1-2-6-16/h7H,1-6H2,(H2,12,13,14,15,17). The third-order valence-corrected chi connectivity index (χ3v) is 3.33. The molecule has 7 heteroatoms. The summed E-state index contributed by atoms with van der Waals surface area (Å²) in [5, 5.41) is 12.8. The predicted octanol–water partition coefficient (Wildman–Crippen LogP) is 0.389. The van der Waals surface area contributed by atoms with Crippen molar-refractivity contribution in [1.29, 1.82) is 0 Å². The van der Waals surface area contributed by atoms with Crippen molar-refractivity contribution in [3.63, 3.8) is 0 Å². The Kier molecular flexibility index (Phi) is 2.73. The number of H-pyrrole nitrogens is 1. The molecule has 1 saturated carbocycles. The van der Waals surface area contributed by atoms with Crippen LogP contribution in [0.3, 0.4) is 0 Å². The topological polar surface area (TPSA) is 91.0 Å². The number of hydrogen-bond acceptors (Lipinski definition) is 4. The van der Waals surface area contributed by atoms with Gasteiger partial charge in [-0.25, -0.2) is 0 Å². The zero-order chi connectivity index (χ0) is 12.5. The van der Waals surface area contributed by atoms with Crippen molar-refractivity contribution in [2.24, 2.45) is 5.92 Å².